The topological polar surface area (TPSA) is 33.5 Å². The largest absolute Gasteiger partial charge is 0.418 e. The van der Waals surface area contributed by atoms with Gasteiger partial charge in [-0.1, -0.05) is 42.5 Å². The number of nitrogens with one attached hydrogen (secondary N) is 2. The van der Waals surface area contributed by atoms with Crippen molar-refractivity contribution in [3.63, 3.8) is 0 Å². The van der Waals surface area contributed by atoms with E-state index < -0.39 is 17.6 Å². The quantitative estimate of drug-likeness (QED) is 0.870. The third-order valence-corrected chi connectivity index (χ3v) is 3.32. The zero-order chi connectivity index (χ0) is 16.9. The summed E-state index contributed by atoms with van der Waals surface area (Å²) >= 11 is 0. The molecule has 2 rings (SSSR count). The zero-order valence-electron chi connectivity index (χ0n) is 12.7. The molecule has 0 fully saturated rings. The van der Waals surface area contributed by atoms with Gasteiger partial charge in [-0.3, -0.25) is 4.79 Å². The molecule has 0 aromatic heterocycles. The first-order chi connectivity index (χ1) is 10.9. The fourth-order valence-corrected chi connectivity index (χ4v) is 2.31. The Morgan fingerprint density at radius 2 is 1.65 bits per heavy atom. The third kappa shape index (κ3) is 5.10. The monoisotopic (exact) mass is 323 g/mol. The number of alkyl halides is 3. The smallest absolute Gasteiger partial charge is 0.326 e. The summed E-state index contributed by atoms with van der Waals surface area (Å²) in [6.07, 6.45) is -4.49. The van der Waals surface area contributed by atoms with Crippen LogP contribution in [0.15, 0.2) is 54.6 Å². The van der Waals surface area contributed by atoms with E-state index in [0.717, 1.165) is 16.5 Å². The number of halogens is 3. The molecule has 0 aliphatic carbocycles. The van der Waals surface area contributed by atoms with Crippen LogP contribution in [0.3, 0.4) is 0 Å². The number of para-hydroxylation sites is 1. The lowest BCUT2D eigenvalue weighted by atomic mass is 10.1. The molecule has 0 saturated heterocycles. The van der Waals surface area contributed by atoms with Crippen molar-refractivity contribution in [2.45, 2.75) is 12.7 Å². The van der Waals surface area contributed by atoms with Crippen LogP contribution >= 0.6 is 0 Å². The highest BCUT2D eigenvalue weighted by molar-refractivity contribution is 5.92. The highest BCUT2D eigenvalue weighted by Crippen LogP contribution is 2.34. The van der Waals surface area contributed by atoms with Crippen molar-refractivity contribution in [3.05, 3.63) is 65.7 Å². The van der Waals surface area contributed by atoms with Gasteiger partial charge in [0, 0.05) is 5.56 Å². The first kappa shape index (κ1) is 17.0. The Bertz CT molecular complexity index is 656. The van der Waals surface area contributed by atoms with Gasteiger partial charge in [0.15, 0.2) is 6.54 Å². The van der Waals surface area contributed by atoms with E-state index in [4.69, 9.17) is 0 Å². The predicted octanol–water partition coefficient (Wildman–Crippen LogP) is 2.36. The number of anilines is 1. The molecular formula is C17H18F3N2O+. The maximum absolute atomic E-state index is 12.9. The van der Waals surface area contributed by atoms with Crippen molar-refractivity contribution >= 4 is 11.6 Å². The molecule has 2 aromatic carbocycles. The summed E-state index contributed by atoms with van der Waals surface area (Å²) in [5, 5.41) is 2.35. The molecule has 1 unspecified atom stereocenters. The van der Waals surface area contributed by atoms with Crippen LogP contribution in [0.4, 0.5) is 18.9 Å². The van der Waals surface area contributed by atoms with E-state index in [1.165, 1.54) is 18.2 Å². The number of carbonyl (C=O) groups excluding carboxylic acids is 1. The van der Waals surface area contributed by atoms with Crippen LogP contribution < -0.4 is 10.2 Å². The van der Waals surface area contributed by atoms with Gasteiger partial charge >= 0.3 is 6.18 Å². The molecule has 0 aliphatic heterocycles. The molecule has 6 heteroatoms. The van der Waals surface area contributed by atoms with E-state index in [9.17, 15) is 18.0 Å². The third-order valence-electron chi connectivity index (χ3n) is 3.32. The summed E-state index contributed by atoms with van der Waals surface area (Å²) in [4.78, 5) is 12.9. The molecular weight excluding hydrogens is 305 g/mol. The Labute approximate surface area is 132 Å². The van der Waals surface area contributed by atoms with Gasteiger partial charge in [-0.2, -0.15) is 13.2 Å². The lowest BCUT2D eigenvalue weighted by Crippen LogP contribution is -3.08. The number of amides is 1. The average molecular weight is 323 g/mol. The lowest BCUT2D eigenvalue weighted by Gasteiger charge is -2.16. The molecule has 0 spiro atoms. The van der Waals surface area contributed by atoms with Crippen LogP contribution in [0.25, 0.3) is 0 Å². The summed E-state index contributed by atoms with van der Waals surface area (Å²) in [5.41, 5.74) is 0.0139. The van der Waals surface area contributed by atoms with E-state index in [0.29, 0.717) is 6.54 Å². The minimum atomic E-state index is -4.49. The first-order valence-corrected chi connectivity index (χ1v) is 7.17. The van der Waals surface area contributed by atoms with Crippen LogP contribution in [0, 0.1) is 0 Å². The van der Waals surface area contributed by atoms with Crippen LogP contribution in [0.2, 0.25) is 0 Å². The Kier molecular flexibility index (Phi) is 5.39. The van der Waals surface area contributed by atoms with Gasteiger partial charge in [-0.25, -0.2) is 0 Å². The molecule has 1 atom stereocenters. The molecule has 0 bridgehead atoms. The molecule has 2 aromatic rings. The number of rotatable bonds is 5. The van der Waals surface area contributed by atoms with E-state index in [-0.39, 0.29) is 12.2 Å². The maximum atomic E-state index is 12.9. The van der Waals surface area contributed by atoms with E-state index in [1.54, 1.807) is 0 Å². The minimum absolute atomic E-state index is 0.0844. The fraction of sp³-hybridized carbons (Fsp3) is 0.235. The molecule has 0 saturated carbocycles. The van der Waals surface area contributed by atoms with Gasteiger partial charge in [0.05, 0.1) is 18.3 Å². The molecule has 1 amide bonds. The molecule has 0 radical (unpaired) electrons. The summed E-state index contributed by atoms with van der Waals surface area (Å²) in [5.74, 6) is -0.449. The zero-order valence-corrected chi connectivity index (χ0v) is 12.7. The van der Waals surface area contributed by atoms with Gasteiger partial charge in [-0.05, 0) is 12.1 Å². The number of hydrogen-bond acceptors (Lipinski definition) is 1. The SMILES string of the molecule is C[NH+](CC(=O)Nc1ccccc1C(F)(F)F)Cc1ccccc1. The molecule has 122 valence electrons. The summed E-state index contributed by atoms with van der Waals surface area (Å²) in [7, 11) is 1.82. The molecule has 0 aliphatic rings. The van der Waals surface area contributed by atoms with E-state index in [1.807, 2.05) is 37.4 Å². The number of carbonyl (C=O) groups is 1. The Balaban J connectivity index is 1.98. The standard InChI is InChI=1S/C17H17F3N2O/c1-22(11-13-7-3-2-4-8-13)12-16(23)21-15-10-6-5-9-14(15)17(18,19)20/h2-10H,11-12H2,1H3,(H,21,23)/p+1. The number of likely N-dealkylation sites (N-methyl/N-ethyl adjacent to an activating group) is 1. The summed E-state index contributed by atoms with van der Waals surface area (Å²) < 4.78 is 38.7. The number of hydrogen-bond donors (Lipinski definition) is 2. The highest BCUT2D eigenvalue weighted by Gasteiger charge is 2.33. The number of benzene rings is 2. The average Bonchev–Trinajstić information content (AvgIpc) is 2.47. The van der Waals surface area contributed by atoms with Crippen molar-refractivity contribution in [2.75, 3.05) is 18.9 Å². The van der Waals surface area contributed by atoms with Gasteiger partial charge in [0.2, 0.25) is 0 Å². The summed E-state index contributed by atoms with van der Waals surface area (Å²) in [6.45, 7) is 0.705. The first-order valence-electron chi connectivity index (χ1n) is 7.17. The van der Waals surface area contributed by atoms with Gasteiger partial charge in [0.1, 0.15) is 6.54 Å². The van der Waals surface area contributed by atoms with E-state index in [2.05, 4.69) is 5.32 Å². The van der Waals surface area contributed by atoms with Crippen LogP contribution in [-0.2, 0) is 17.5 Å². The van der Waals surface area contributed by atoms with E-state index >= 15 is 0 Å². The van der Waals surface area contributed by atoms with Crippen LogP contribution in [0.1, 0.15) is 11.1 Å². The molecule has 3 nitrogen and oxygen atoms in total. The van der Waals surface area contributed by atoms with Crippen molar-refractivity contribution in [1.29, 1.82) is 0 Å². The van der Waals surface area contributed by atoms with Gasteiger partial charge in [-0.15, -0.1) is 0 Å². The van der Waals surface area contributed by atoms with Crippen LogP contribution in [0.5, 0.6) is 0 Å². The minimum Gasteiger partial charge on any atom is -0.326 e. The van der Waals surface area contributed by atoms with Gasteiger partial charge < -0.3 is 10.2 Å². The Morgan fingerprint density at radius 1 is 1.04 bits per heavy atom. The van der Waals surface area contributed by atoms with Crippen molar-refractivity contribution in [1.82, 2.24) is 0 Å². The number of quaternary nitrogens is 1. The second-order valence-corrected chi connectivity index (χ2v) is 5.39. The Hall–Kier alpha value is -2.34. The highest BCUT2D eigenvalue weighted by atomic mass is 19.4. The second kappa shape index (κ2) is 7.28. The van der Waals surface area contributed by atoms with Gasteiger partial charge in [0.25, 0.3) is 5.91 Å². The van der Waals surface area contributed by atoms with Crippen molar-refractivity contribution in [2.24, 2.45) is 0 Å². The van der Waals surface area contributed by atoms with Crippen molar-refractivity contribution in [3.8, 4) is 0 Å². The predicted molar refractivity (Wildman–Crippen MR) is 82.0 cm³/mol. The summed E-state index contributed by atoms with van der Waals surface area (Å²) in [6, 6.07) is 14.6. The molecule has 23 heavy (non-hydrogen) atoms. The molecule has 2 N–H and O–H groups in total. The van der Waals surface area contributed by atoms with Crippen molar-refractivity contribution < 1.29 is 22.9 Å². The Morgan fingerprint density at radius 3 is 2.30 bits per heavy atom. The fourth-order valence-electron chi connectivity index (χ4n) is 2.31. The maximum Gasteiger partial charge on any atom is 0.418 e. The molecule has 0 heterocycles. The lowest BCUT2D eigenvalue weighted by molar-refractivity contribution is -0.885. The second-order valence-electron chi connectivity index (χ2n) is 5.39. The normalized spacial score (nSPS) is 12.7. The van der Waals surface area contributed by atoms with Crippen LogP contribution in [-0.4, -0.2) is 19.5 Å².